The van der Waals surface area contributed by atoms with Crippen LogP contribution >= 0.6 is 0 Å². The normalized spacial score (nSPS) is 17.7. The number of H-pyrrole nitrogens is 1. The van der Waals surface area contributed by atoms with Crippen molar-refractivity contribution in [2.75, 3.05) is 30.3 Å². The first kappa shape index (κ1) is 27.4. The van der Waals surface area contributed by atoms with Crippen LogP contribution in [0.25, 0.3) is 11.4 Å². The molecule has 0 spiro atoms. The molecule has 3 aromatic heterocycles. The van der Waals surface area contributed by atoms with Crippen LogP contribution in [0.3, 0.4) is 0 Å². The molecule has 11 nitrogen and oxygen atoms in total. The van der Waals surface area contributed by atoms with Gasteiger partial charge in [-0.3, -0.25) is 24.4 Å². The molecule has 3 aromatic rings. The largest absolute Gasteiger partial charge is 0.401 e. The third kappa shape index (κ3) is 7.70. The van der Waals surface area contributed by atoms with E-state index in [0.717, 1.165) is 11.0 Å². The molecule has 39 heavy (non-hydrogen) atoms. The molecule has 0 unspecified atom stereocenters. The highest BCUT2D eigenvalue weighted by Crippen LogP contribution is 2.24. The number of rotatable bonds is 8. The molecule has 4 heterocycles. The molecule has 0 aliphatic carbocycles. The van der Waals surface area contributed by atoms with E-state index in [1.165, 1.54) is 18.3 Å². The lowest BCUT2D eigenvalue weighted by molar-refractivity contribution is -0.152. The zero-order valence-corrected chi connectivity index (χ0v) is 20.5. The number of aromatic nitrogens is 4. The van der Waals surface area contributed by atoms with Gasteiger partial charge in [-0.1, -0.05) is 12.6 Å². The second-order valence-electron chi connectivity index (χ2n) is 8.91. The van der Waals surface area contributed by atoms with E-state index >= 15 is 0 Å². The first-order chi connectivity index (χ1) is 18.6. The maximum Gasteiger partial charge on any atom is 0.401 e. The van der Waals surface area contributed by atoms with Crippen molar-refractivity contribution in [2.24, 2.45) is 5.92 Å². The van der Waals surface area contributed by atoms with Gasteiger partial charge in [0, 0.05) is 25.3 Å². The molecule has 14 heteroatoms. The van der Waals surface area contributed by atoms with Crippen LogP contribution in [0.1, 0.15) is 16.9 Å². The summed E-state index contributed by atoms with van der Waals surface area (Å²) >= 11 is 0. The maximum absolute atomic E-state index is 13.0. The highest BCUT2D eigenvalue weighted by molar-refractivity contribution is 6.02. The number of carbonyl (C=O) groups is 3. The van der Waals surface area contributed by atoms with Crippen molar-refractivity contribution in [3.05, 3.63) is 67.1 Å². The predicted octanol–water partition coefficient (Wildman–Crippen LogP) is 2.61. The van der Waals surface area contributed by atoms with Crippen molar-refractivity contribution in [3.8, 4) is 11.4 Å². The minimum absolute atomic E-state index is 0.0432. The molecule has 4 rings (SSSR count). The number of halogens is 3. The molecule has 0 saturated carbocycles. The molecule has 1 saturated heterocycles. The fourth-order valence-electron chi connectivity index (χ4n) is 4.20. The number of anilines is 2. The minimum atomic E-state index is -4.45. The van der Waals surface area contributed by atoms with Gasteiger partial charge in [0.05, 0.1) is 35.7 Å². The lowest BCUT2D eigenvalue weighted by atomic mass is 9.93. The predicted molar refractivity (Wildman–Crippen MR) is 135 cm³/mol. The Morgan fingerprint density at radius 1 is 1.13 bits per heavy atom. The molecule has 1 fully saturated rings. The van der Waals surface area contributed by atoms with Gasteiger partial charge in [-0.25, -0.2) is 9.97 Å². The van der Waals surface area contributed by atoms with Crippen molar-refractivity contribution < 1.29 is 27.6 Å². The summed E-state index contributed by atoms with van der Waals surface area (Å²) in [7, 11) is 0. The van der Waals surface area contributed by atoms with Crippen LogP contribution in [0.4, 0.5) is 24.7 Å². The molecule has 1 aliphatic rings. The van der Waals surface area contributed by atoms with Crippen LogP contribution in [0.5, 0.6) is 0 Å². The van der Waals surface area contributed by atoms with E-state index in [1.807, 2.05) is 0 Å². The summed E-state index contributed by atoms with van der Waals surface area (Å²) in [5.74, 6) is -2.16. The number of aromatic amines is 1. The number of alkyl halides is 3. The SMILES string of the molecule is C=CC(=O)N[C@H]1C[C@@H](C(=O)Nc2ccc(NC(=O)c3cccc(-c4ccn[nH]4)n3)nc2)CN(CC(F)(F)F)C1. The summed E-state index contributed by atoms with van der Waals surface area (Å²) in [5.41, 5.74) is 1.63. The van der Waals surface area contributed by atoms with Gasteiger partial charge in [0.15, 0.2) is 0 Å². The van der Waals surface area contributed by atoms with Crippen LogP contribution in [-0.4, -0.2) is 74.6 Å². The van der Waals surface area contributed by atoms with Crippen LogP contribution in [-0.2, 0) is 9.59 Å². The highest BCUT2D eigenvalue weighted by atomic mass is 19.4. The van der Waals surface area contributed by atoms with E-state index in [0.29, 0.717) is 11.4 Å². The lowest BCUT2D eigenvalue weighted by Gasteiger charge is -2.37. The zero-order chi connectivity index (χ0) is 28.0. The van der Waals surface area contributed by atoms with Gasteiger partial charge in [0.25, 0.3) is 5.91 Å². The van der Waals surface area contributed by atoms with E-state index in [9.17, 15) is 27.6 Å². The second kappa shape index (κ2) is 11.9. The Labute approximate surface area is 220 Å². The Morgan fingerprint density at radius 2 is 1.95 bits per heavy atom. The third-order valence-corrected chi connectivity index (χ3v) is 5.86. The number of piperidine rings is 1. The molecule has 0 aromatic carbocycles. The standard InChI is InChI=1S/C25H25F3N8O3/c1-2-22(37)31-17-10-15(12-36(13-17)14-25(26,27)28)23(38)32-16-6-7-21(29-11-16)34-24(39)20-5-3-4-18(33-20)19-8-9-30-35-19/h2-9,11,15,17H,1,10,12-14H2,(H,30,35)(H,31,37)(H,32,38)(H,29,34,39)/t15-,17+/m1/s1. The van der Waals surface area contributed by atoms with Gasteiger partial charge in [0.2, 0.25) is 11.8 Å². The summed E-state index contributed by atoms with van der Waals surface area (Å²) in [4.78, 5) is 46.7. The zero-order valence-electron chi connectivity index (χ0n) is 20.5. The topological polar surface area (TPSA) is 145 Å². The number of carbonyl (C=O) groups excluding carboxylic acids is 3. The second-order valence-corrected chi connectivity index (χ2v) is 8.91. The van der Waals surface area contributed by atoms with Gasteiger partial charge in [-0.15, -0.1) is 0 Å². The Morgan fingerprint density at radius 3 is 2.62 bits per heavy atom. The Kier molecular flexibility index (Phi) is 8.34. The average Bonchev–Trinajstić information content (AvgIpc) is 3.44. The van der Waals surface area contributed by atoms with Crippen LogP contribution in [0.15, 0.2) is 61.4 Å². The maximum atomic E-state index is 13.0. The molecule has 204 valence electrons. The van der Waals surface area contributed by atoms with Gasteiger partial charge in [-0.05, 0) is 42.8 Å². The van der Waals surface area contributed by atoms with Gasteiger partial charge >= 0.3 is 6.18 Å². The Balaban J connectivity index is 1.37. The van der Waals surface area contributed by atoms with E-state index in [-0.39, 0.29) is 36.7 Å². The molecule has 0 bridgehead atoms. The van der Waals surface area contributed by atoms with E-state index in [4.69, 9.17) is 0 Å². The third-order valence-electron chi connectivity index (χ3n) is 5.86. The Bertz CT molecular complexity index is 1330. The first-order valence-corrected chi connectivity index (χ1v) is 11.9. The highest BCUT2D eigenvalue weighted by Gasteiger charge is 2.38. The molecule has 0 radical (unpaired) electrons. The van der Waals surface area contributed by atoms with Gasteiger partial charge in [-0.2, -0.15) is 18.3 Å². The summed E-state index contributed by atoms with van der Waals surface area (Å²) in [6.07, 6.45) is -0.386. The van der Waals surface area contributed by atoms with Gasteiger partial charge < -0.3 is 16.0 Å². The Hall–Kier alpha value is -4.59. The fourth-order valence-corrected chi connectivity index (χ4v) is 4.20. The quantitative estimate of drug-likeness (QED) is 0.320. The van der Waals surface area contributed by atoms with Crippen molar-refractivity contribution in [3.63, 3.8) is 0 Å². The number of amides is 3. The van der Waals surface area contributed by atoms with Crippen molar-refractivity contribution in [1.29, 1.82) is 0 Å². The number of nitrogens with one attached hydrogen (secondary N) is 4. The number of hydrogen-bond acceptors (Lipinski definition) is 7. The number of likely N-dealkylation sites (tertiary alicyclic amines) is 1. The van der Waals surface area contributed by atoms with Crippen molar-refractivity contribution >= 4 is 29.2 Å². The smallest absolute Gasteiger partial charge is 0.349 e. The van der Waals surface area contributed by atoms with Crippen LogP contribution in [0, 0.1) is 5.92 Å². The number of hydrogen-bond donors (Lipinski definition) is 4. The molecule has 3 amide bonds. The first-order valence-electron chi connectivity index (χ1n) is 11.9. The lowest BCUT2D eigenvalue weighted by Crippen LogP contribution is -2.54. The van der Waals surface area contributed by atoms with Crippen LogP contribution < -0.4 is 16.0 Å². The molecule has 1 aliphatic heterocycles. The summed E-state index contributed by atoms with van der Waals surface area (Å²) in [6, 6.07) is 8.98. The molecular formula is C25H25F3N8O3. The van der Waals surface area contributed by atoms with Crippen molar-refractivity contribution in [2.45, 2.75) is 18.6 Å². The monoisotopic (exact) mass is 542 g/mol. The van der Waals surface area contributed by atoms with E-state index in [2.05, 4.69) is 42.7 Å². The summed E-state index contributed by atoms with van der Waals surface area (Å²) in [6.45, 7) is 1.97. The minimum Gasteiger partial charge on any atom is -0.349 e. The fraction of sp³-hybridized carbons (Fsp3) is 0.280. The molecule has 4 N–H and O–H groups in total. The van der Waals surface area contributed by atoms with Crippen molar-refractivity contribution in [1.82, 2.24) is 30.4 Å². The number of pyridine rings is 2. The summed E-state index contributed by atoms with van der Waals surface area (Å²) < 4.78 is 39.0. The molecular weight excluding hydrogens is 517 g/mol. The number of nitrogens with zero attached hydrogens (tertiary/aromatic N) is 4. The average molecular weight is 543 g/mol. The molecule has 2 atom stereocenters. The van der Waals surface area contributed by atoms with Gasteiger partial charge in [0.1, 0.15) is 11.5 Å². The summed E-state index contributed by atoms with van der Waals surface area (Å²) in [5, 5.41) is 14.5. The van der Waals surface area contributed by atoms with Crippen LogP contribution in [0.2, 0.25) is 0 Å². The van der Waals surface area contributed by atoms with E-state index in [1.54, 1.807) is 30.5 Å². The van der Waals surface area contributed by atoms with E-state index < -0.39 is 42.4 Å².